The van der Waals surface area contributed by atoms with Crippen LogP contribution in [0.15, 0.2) is 79.4 Å². The number of para-hydroxylation sites is 1. The number of carbonyl (C=O) groups is 1. The molecule has 5 aromatic rings. The van der Waals surface area contributed by atoms with Crippen molar-refractivity contribution in [1.29, 1.82) is 0 Å². The molecule has 7 nitrogen and oxygen atoms in total. The quantitative estimate of drug-likeness (QED) is 0.355. The van der Waals surface area contributed by atoms with E-state index in [1.807, 2.05) is 24.3 Å². The van der Waals surface area contributed by atoms with Gasteiger partial charge in [-0.1, -0.05) is 24.3 Å². The number of rotatable bonds is 4. The zero-order valence-electron chi connectivity index (χ0n) is 17.7. The largest absolute Gasteiger partial charge is 0.420 e. The minimum Gasteiger partial charge on any atom is -0.320 e. The third-order valence-corrected chi connectivity index (χ3v) is 5.21. The number of aromatic nitrogens is 5. The van der Waals surface area contributed by atoms with Crippen LogP contribution in [0.25, 0.3) is 27.8 Å². The van der Waals surface area contributed by atoms with Crippen molar-refractivity contribution in [3.05, 3.63) is 96.3 Å². The van der Waals surface area contributed by atoms with Crippen LogP contribution in [0.2, 0.25) is 0 Å². The van der Waals surface area contributed by atoms with Gasteiger partial charge < -0.3 is 5.32 Å². The van der Waals surface area contributed by atoms with Crippen LogP contribution in [0.3, 0.4) is 0 Å². The summed E-state index contributed by atoms with van der Waals surface area (Å²) in [5, 5.41) is 10.4. The Labute approximate surface area is 195 Å². The molecular formula is C24H14F4N6O. The molecule has 5 rings (SSSR count). The summed E-state index contributed by atoms with van der Waals surface area (Å²) in [7, 11) is 0. The van der Waals surface area contributed by atoms with Gasteiger partial charge in [-0.15, -0.1) is 4.80 Å². The van der Waals surface area contributed by atoms with Gasteiger partial charge in [0.2, 0.25) is 0 Å². The molecule has 11 heteroatoms. The molecule has 35 heavy (non-hydrogen) atoms. The second kappa shape index (κ2) is 8.60. The van der Waals surface area contributed by atoms with Gasteiger partial charge in [-0.2, -0.15) is 23.4 Å². The number of fused-ring (bicyclic) bond motifs is 1. The van der Waals surface area contributed by atoms with Gasteiger partial charge in [0.1, 0.15) is 11.4 Å². The number of halogens is 4. The summed E-state index contributed by atoms with van der Waals surface area (Å²) < 4.78 is 55.6. The first-order chi connectivity index (χ1) is 16.8. The summed E-state index contributed by atoms with van der Waals surface area (Å²) >= 11 is 0. The number of benzene rings is 2. The van der Waals surface area contributed by atoms with E-state index in [4.69, 9.17) is 0 Å². The van der Waals surface area contributed by atoms with Crippen molar-refractivity contribution >= 4 is 22.5 Å². The number of nitrogens with one attached hydrogen (secondary N) is 1. The van der Waals surface area contributed by atoms with Crippen LogP contribution >= 0.6 is 0 Å². The number of alkyl halides is 3. The lowest BCUT2D eigenvalue weighted by molar-refractivity contribution is -0.137. The number of carbonyl (C=O) groups excluding carboxylic acids is 1. The molecule has 0 bridgehead atoms. The highest BCUT2D eigenvalue weighted by atomic mass is 19.4. The molecular weight excluding hydrogens is 464 g/mol. The number of amides is 1. The fourth-order valence-electron chi connectivity index (χ4n) is 3.63. The van der Waals surface area contributed by atoms with E-state index < -0.39 is 29.3 Å². The van der Waals surface area contributed by atoms with E-state index in [1.165, 1.54) is 24.5 Å². The second-order valence-corrected chi connectivity index (χ2v) is 7.44. The average molecular weight is 478 g/mol. The molecule has 0 unspecified atom stereocenters. The van der Waals surface area contributed by atoms with E-state index in [0.29, 0.717) is 11.6 Å². The first-order valence-corrected chi connectivity index (χ1v) is 10.2. The monoisotopic (exact) mass is 478 g/mol. The Kier molecular flexibility index (Phi) is 5.44. The smallest absolute Gasteiger partial charge is 0.320 e. The normalized spacial score (nSPS) is 11.5. The summed E-state index contributed by atoms with van der Waals surface area (Å²) in [5.74, 6) is -2.31. The number of anilines is 1. The van der Waals surface area contributed by atoms with E-state index >= 15 is 0 Å². The zero-order valence-corrected chi connectivity index (χ0v) is 17.7. The highest BCUT2D eigenvalue weighted by Gasteiger charge is 2.36. The van der Waals surface area contributed by atoms with Gasteiger partial charge in [0.25, 0.3) is 5.91 Å². The molecule has 0 aliphatic carbocycles. The van der Waals surface area contributed by atoms with Crippen molar-refractivity contribution in [2.24, 2.45) is 0 Å². The summed E-state index contributed by atoms with van der Waals surface area (Å²) in [5.41, 5.74) is 0.221. The molecule has 0 saturated carbocycles. The standard InChI is InChI=1S/C24H14F4N6O/c25-20-11-14(16-7-8-29-21-4-2-1-3-17(16)21)5-6-18(20)23(35)33-15-12-19(24(26,27)28)22(30-13-15)34-31-9-10-32-34/h1-13H,(H,33,35). The van der Waals surface area contributed by atoms with Crippen molar-refractivity contribution in [3.8, 4) is 16.9 Å². The predicted octanol–water partition coefficient (Wildman–Crippen LogP) is 5.29. The molecule has 3 aromatic heterocycles. The predicted molar refractivity (Wildman–Crippen MR) is 119 cm³/mol. The Bertz CT molecular complexity index is 1540. The van der Waals surface area contributed by atoms with Crippen LogP contribution in [-0.4, -0.2) is 30.9 Å². The molecule has 0 atom stereocenters. The van der Waals surface area contributed by atoms with E-state index in [1.54, 1.807) is 18.3 Å². The molecule has 2 aromatic carbocycles. The number of pyridine rings is 2. The second-order valence-electron chi connectivity index (χ2n) is 7.44. The van der Waals surface area contributed by atoms with Gasteiger partial charge in [0.15, 0.2) is 5.82 Å². The zero-order chi connectivity index (χ0) is 24.6. The van der Waals surface area contributed by atoms with Crippen LogP contribution in [0.4, 0.5) is 23.2 Å². The first-order valence-electron chi connectivity index (χ1n) is 10.2. The minimum atomic E-state index is -4.79. The summed E-state index contributed by atoms with van der Waals surface area (Å²) in [6.45, 7) is 0. The van der Waals surface area contributed by atoms with Gasteiger partial charge in [0.05, 0.1) is 35.4 Å². The van der Waals surface area contributed by atoms with Crippen LogP contribution in [0, 0.1) is 5.82 Å². The van der Waals surface area contributed by atoms with Crippen LogP contribution in [0.5, 0.6) is 0 Å². The Hall–Kier alpha value is -4.67. The van der Waals surface area contributed by atoms with Crippen LogP contribution in [-0.2, 0) is 6.18 Å². The molecule has 1 N–H and O–H groups in total. The topological polar surface area (TPSA) is 85.6 Å². The molecule has 0 fully saturated rings. The van der Waals surface area contributed by atoms with E-state index in [-0.39, 0.29) is 11.3 Å². The van der Waals surface area contributed by atoms with Gasteiger partial charge in [-0.3, -0.25) is 9.78 Å². The van der Waals surface area contributed by atoms with Crippen molar-refractivity contribution in [1.82, 2.24) is 25.0 Å². The average Bonchev–Trinajstić information content (AvgIpc) is 3.38. The Balaban J connectivity index is 1.44. The van der Waals surface area contributed by atoms with E-state index in [2.05, 4.69) is 25.5 Å². The number of hydrogen-bond donors (Lipinski definition) is 1. The lowest BCUT2D eigenvalue weighted by Crippen LogP contribution is -2.18. The SMILES string of the molecule is O=C(Nc1cnc(-n2nccn2)c(C(F)(F)F)c1)c1ccc(-c2ccnc3ccccc23)cc1F. The maximum atomic E-state index is 14.9. The van der Waals surface area contributed by atoms with Crippen molar-refractivity contribution < 1.29 is 22.4 Å². The third kappa shape index (κ3) is 4.31. The number of nitrogens with zero attached hydrogens (tertiary/aromatic N) is 5. The third-order valence-electron chi connectivity index (χ3n) is 5.21. The van der Waals surface area contributed by atoms with E-state index in [0.717, 1.165) is 27.5 Å². The molecule has 0 aliphatic rings. The molecule has 1 amide bonds. The highest BCUT2D eigenvalue weighted by molar-refractivity contribution is 6.05. The molecule has 174 valence electrons. The van der Waals surface area contributed by atoms with Crippen LogP contribution in [0.1, 0.15) is 15.9 Å². The molecule has 0 saturated heterocycles. The Morgan fingerprint density at radius 2 is 1.69 bits per heavy atom. The van der Waals surface area contributed by atoms with Crippen LogP contribution < -0.4 is 5.32 Å². The lowest BCUT2D eigenvalue weighted by Gasteiger charge is -2.14. The fraction of sp³-hybridized carbons (Fsp3) is 0.0417. The summed E-state index contributed by atoms with van der Waals surface area (Å²) in [4.78, 5) is 21.4. The van der Waals surface area contributed by atoms with Crippen molar-refractivity contribution in [2.75, 3.05) is 5.32 Å². The lowest BCUT2D eigenvalue weighted by atomic mass is 9.99. The first kappa shape index (κ1) is 22.1. The Morgan fingerprint density at radius 3 is 2.43 bits per heavy atom. The summed E-state index contributed by atoms with van der Waals surface area (Å²) in [6.07, 6.45) is 0.236. The molecule has 0 radical (unpaired) electrons. The molecule has 0 spiro atoms. The minimum absolute atomic E-state index is 0.262. The highest BCUT2D eigenvalue weighted by Crippen LogP contribution is 2.34. The fourth-order valence-corrected chi connectivity index (χ4v) is 3.63. The maximum absolute atomic E-state index is 14.9. The molecule has 3 heterocycles. The van der Waals surface area contributed by atoms with Gasteiger partial charge in [-0.25, -0.2) is 9.37 Å². The van der Waals surface area contributed by atoms with Gasteiger partial charge in [-0.05, 0) is 41.5 Å². The maximum Gasteiger partial charge on any atom is 0.420 e. The molecule has 0 aliphatic heterocycles. The van der Waals surface area contributed by atoms with E-state index in [9.17, 15) is 22.4 Å². The van der Waals surface area contributed by atoms with Crippen molar-refractivity contribution in [2.45, 2.75) is 6.18 Å². The van der Waals surface area contributed by atoms with Gasteiger partial charge in [0, 0.05) is 11.6 Å². The summed E-state index contributed by atoms with van der Waals surface area (Å²) in [6, 6.07) is 13.8. The van der Waals surface area contributed by atoms with Crippen molar-refractivity contribution in [3.63, 3.8) is 0 Å². The number of hydrogen-bond acceptors (Lipinski definition) is 5. The van der Waals surface area contributed by atoms with Gasteiger partial charge >= 0.3 is 6.18 Å². The Morgan fingerprint density at radius 1 is 0.914 bits per heavy atom.